The van der Waals surface area contributed by atoms with Gasteiger partial charge < -0.3 is 0 Å². The molecule has 0 nitrogen and oxygen atoms in total. The van der Waals surface area contributed by atoms with Gasteiger partial charge in [-0.05, 0) is 29.5 Å². The van der Waals surface area contributed by atoms with E-state index in [9.17, 15) is 4.39 Å². The van der Waals surface area contributed by atoms with Crippen molar-refractivity contribution in [1.82, 2.24) is 0 Å². The Morgan fingerprint density at radius 2 is 2.00 bits per heavy atom. The molecule has 0 bridgehead atoms. The molecule has 0 aromatic heterocycles. The second-order valence-corrected chi connectivity index (χ2v) is 2.24. The quantitative estimate of drug-likeness (QED) is 0.386. The van der Waals surface area contributed by atoms with Crippen LogP contribution in [0.5, 0.6) is 0 Å². The molecule has 1 unspecified atom stereocenters. The third kappa shape index (κ3) is 16.8. The summed E-state index contributed by atoms with van der Waals surface area (Å²) in [6.45, 7) is 1.49. The highest BCUT2D eigenvalue weighted by atomic mass is 127. The molecule has 26 valence electrons. The van der Waals surface area contributed by atoms with Gasteiger partial charge in [-0.1, -0.05) is 0 Å². The van der Waals surface area contributed by atoms with Crippen molar-refractivity contribution < 1.29 is 4.39 Å². The fourth-order valence-electron chi connectivity index (χ4n) is 0. The van der Waals surface area contributed by atoms with Crippen molar-refractivity contribution in [3.8, 4) is 0 Å². The van der Waals surface area contributed by atoms with Crippen molar-refractivity contribution in [1.29, 1.82) is 0 Å². The maximum atomic E-state index is 11.0. The number of halogens is 2. The molecule has 0 rings (SSSR count). The van der Waals surface area contributed by atoms with Gasteiger partial charge in [0.25, 0.3) is 0 Å². The van der Waals surface area contributed by atoms with Crippen molar-refractivity contribution in [3.05, 3.63) is 0 Å². The predicted molar refractivity (Wildman–Crippen MR) is 24.6 cm³/mol. The molecule has 0 fully saturated rings. The first-order valence-corrected chi connectivity index (χ1v) is 2.26. The maximum absolute atomic E-state index is 11.0. The molecule has 0 spiro atoms. The molecule has 0 aliphatic rings. The summed E-state index contributed by atoms with van der Waals surface area (Å²) < 4.78 is 10.3. The van der Waals surface area contributed by atoms with E-state index in [1.807, 2.05) is 0 Å². The van der Waals surface area contributed by atoms with E-state index in [2.05, 4.69) is 0 Å². The maximum Gasteiger partial charge on any atom is 0.148 e. The standard InChI is InChI=1S/C2H4FI/c1-2(3)4/h2H,1H3/i3-1. The molecule has 2 heteroatoms. The highest BCUT2D eigenvalue weighted by Crippen LogP contribution is 1.95. The molecule has 0 saturated heterocycles. The Balaban J connectivity index is 2.32. The molecule has 0 amide bonds. The van der Waals surface area contributed by atoms with Crippen LogP contribution in [0.1, 0.15) is 6.92 Å². The van der Waals surface area contributed by atoms with Crippen LogP contribution in [-0.4, -0.2) is 4.18 Å². The summed E-state index contributed by atoms with van der Waals surface area (Å²) in [5, 5.41) is 0. The molecule has 1 atom stereocenters. The molecule has 0 aromatic carbocycles. The molecular weight excluding hydrogens is 169 g/mol. The molecule has 0 aromatic rings. The van der Waals surface area contributed by atoms with Gasteiger partial charge in [-0.2, -0.15) is 0 Å². The topological polar surface area (TPSA) is 0 Å². The van der Waals surface area contributed by atoms with E-state index in [0.29, 0.717) is 0 Å². The lowest BCUT2D eigenvalue weighted by atomic mass is 10.9. The summed E-state index contributed by atoms with van der Waals surface area (Å²) in [6.07, 6.45) is 0. The molecule has 0 N–H and O–H groups in total. The van der Waals surface area contributed by atoms with Crippen molar-refractivity contribution in [2.75, 3.05) is 0 Å². The third-order valence-corrected chi connectivity index (χ3v) is 0. The van der Waals surface area contributed by atoms with Crippen LogP contribution in [0.25, 0.3) is 0 Å². The molecule has 0 aliphatic carbocycles. The fourth-order valence-corrected chi connectivity index (χ4v) is 0. The van der Waals surface area contributed by atoms with Crippen molar-refractivity contribution in [2.45, 2.75) is 11.1 Å². The summed E-state index contributed by atoms with van der Waals surface area (Å²) in [4.78, 5) is 0. The van der Waals surface area contributed by atoms with E-state index >= 15 is 0 Å². The first-order chi connectivity index (χ1) is 1.73. The van der Waals surface area contributed by atoms with Gasteiger partial charge in [0, 0.05) is 0 Å². The molecule has 4 heavy (non-hydrogen) atoms. The minimum Gasteiger partial charge on any atom is -0.236 e. The average Bonchev–Trinajstić information content (AvgIpc) is 0.811. The van der Waals surface area contributed by atoms with E-state index in [0.717, 1.165) is 0 Å². The van der Waals surface area contributed by atoms with Crippen LogP contribution < -0.4 is 0 Å². The lowest BCUT2D eigenvalue weighted by molar-refractivity contribution is 0.504. The van der Waals surface area contributed by atoms with Crippen LogP contribution in [0, 0.1) is 0 Å². The highest BCUT2D eigenvalue weighted by Gasteiger charge is 1.76. The van der Waals surface area contributed by atoms with Gasteiger partial charge in [-0.25, -0.2) is 4.39 Å². The Labute approximate surface area is 38.5 Å². The average molecular weight is 173 g/mol. The Bertz CT molecular complexity index is 10.8. The molecule has 0 saturated carbocycles. The number of hydrogen-bond donors (Lipinski definition) is 0. The van der Waals surface area contributed by atoms with Gasteiger partial charge in [0.05, 0.1) is 0 Å². The lowest BCUT2D eigenvalue weighted by Crippen LogP contribution is -1.64. The van der Waals surface area contributed by atoms with Gasteiger partial charge in [0.2, 0.25) is 0 Å². The fraction of sp³-hybridized carbons (Fsp3) is 1.00. The van der Waals surface area contributed by atoms with Gasteiger partial charge in [0.15, 0.2) is 0 Å². The van der Waals surface area contributed by atoms with Crippen molar-refractivity contribution >= 4 is 22.6 Å². The second kappa shape index (κ2) is 1.93. The van der Waals surface area contributed by atoms with Crippen molar-refractivity contribution in [3.63, 3.8) is 0 Å². The Kier molecular flexibility index (Phi) is 2.25. The van der Waals surface area contributed by atoms with E-state index in [-0.39, 0.29) is 0 Å². The minimum atomic E-state index is -0.697. The Morgan fingerprint density at radius 3 is 2.00 bits per heavy atom. The smallest absolute Gasteiger partial charge is 0.148 e. The van der Waals surface area contributed by atoms with Crippen LogP contribution in [0.15, 0.2) is 0 Å². The summed E-state index contributed by atoms with van der Waals surface area (Å²) >= 11 is 1.68. The zero-order valence-electron chi connectivity index (χ0n) is 2.33. The molecular formula is C2H4FI. The van der Waals surface area contributed by atoms with E-state index in [1.54, 1.807) is 22.6 Å². The van der Waals surface area contributed by atoms with Gasteiger partial charge in [0.1, 0.15) is 4.18 Å². The monoisotopic (exact) mass is 173 g/mol. The zero-order valence-corrected chi connectivity index (χ0v) is 4.49. The first kappa shape index (κ1) is 4.66. The molecule has 0 heterocycles. The Morgan fingerprint density at radius 1 is 2.00 bits per heavy atom. The highest BCUT2D eigenvalue weighted by molar-refractivity contribution is 14.1. The van der Waals surface area contributed by atoms with Gasteiger partial charge in [-0.3, -0.25) is 0 Å². The van der Waals surface area contributed by atoms with E-state index in [1.165, 1.54) is 6.92 Å². The van der Waals surface area contributed by atoms with Crippen molar-refractivity contribution in [2.24, 2.45) is 0 Å². The van der Waals surface area contributed by atoms with Gasteiger partial charge >= 0.3 is 0 Å². The summed E-state index contributed by atoms with van der Waals surface area (Å²) in [7, 11) is 0. The summed E-state index contributed by atoms with van der Waals surface area (Å²) in [5.41, 5.74) is 0. The molecule has 0 aliphatic heterocycles. The lowest BCUT2D eigenvalue weighted by Gasteiger charge is -1.72. The first-order valence-electron chi connectivity index (χ1n) is 1.01. The largest absolute Gasteiger partial charge is 0.236 e. The summed E-state index contributed by atoms with van der Waals surface area (Å²) in [5.74, 6) is 0. The van der Waals surface area contributed by atoms with Crippen LogP contribution in [0.4, 0.5) is 4.39 Å². The van der Waals surface area contributed by atoms with E-state index in [4.69, 9.17) is 0 Å². The van der Waals surface area contributed by atoms with E-state index < -0.39 is 4.18 Å². The number of alkyl halides is 2. The number of rotatable bonds is 0. The molecule has 0 radical (unpaired) electrons. The number of hydrogen-bond acceptors (Lipinski definition) is 0. The van der Waals surface area contributed by atoms with Crippen LogP contribution >= 0.6 is 22.6 Å². The second-order valence-electron chi connectivity index (χ2n) is 0.519. The normalized spacial score (nSPS) is 15.8. The third-order valence-electron chi connectivity index (χ3n) is 0. The Hall–Kier alpha value is 0.660. The summed E-state index contributed by atoms with van der Waals surface area (Å²) in [6, 6.07) is 0. The van der Waals surface area contributed by atoms with Crippen LogP contribution in [-0.2, 0) is 0 Å². The zero-order chi connectivity index (χ0) is 3.58. The SMILES string of the molecule is CC([18F])I. The minimum absolute atomic E-state index is 0.697. The van der Waals surface area contributed by atoms with Gasteiger partial charge in [-0.15, -0.1) is 0 Å². The van der Waals surface area contributed by atoms with Crippen LogP contribution in [0.2, 0.25) is 0 Å². The predicted octanol–water partition coefficient (Wildman–Crippen LogP) is 1.74. The van der Waals surface area contributed by atoms with Crippen LogP contribution in [0.3, 0.4) is 0 Å².